The van der Waals surface area contributed by atoms with Crippen molar-refractivity contribution in [2.24, 2.45) is 0 Å². The molecule has 10 heteroatoms. The lowest BCUT2D eigenvalue weighted by molar-refractivity contribution is -0.115. The molecule has 0 fully saturated rings. The minimum Gasteiger partial charge on any atom is -0.433 e. The van der Waals surface area contributed by atoms with Gasteiger partial charge in [0.2, 0.25) is 11.1 Å². The van der Waals surface area contributed by atoms with E-state index in [-0.39, 0.29) is 11.4 Å². The molecule has 1 amide bonds. The number of aromatic nitrogens is 3. The number of ether oxygens (including phenoxy) is 1. The molecule has 0 aliphatic rings. The van der Waals surface area contributed by atoms with Crippen molar-refractivity contribution >= 4 is 35.0 Å². The van der Waals surface area contributed by atoms with E-state index in [0.717, 1.165) is 17.3 Å². The van der Waals surface area contributed by atoms with Crippen LogP contribution in [0.2, 0.25) is 5.02 Å². The zero-order valence-electron chi connectivity index (χ0n) is 14.5. The second kappa shape index (κ2) is 9.03. The number of anilines is 1. The number of hydrogen-bond acceptors (Lipinski definition) is 5. The summed E-state index contributed by atoms with van der Waals surface area (Å²) >= 11 is 7.00. The lowest BCUT2D eigenvalue weighted by Crippen LogP contribution is -2.23. The minimum atomic E-state index is -2.98. The van der Waals surface area contributed by atoms with Crippen LogP contribution in [-0.2, 0) is 4.79 Å². The van der Waals surface area contributed by atoms with Crippen molar-refractivity contribution in [3.05, 3.63) is 53.6 Å². The molecular formula is C18H15ClF2N4O2S. The first-order valence-electron chi connectivity index (χ1n) is 8.12. The van der Waals surface area contributed by atoms with Crippen molar-refractivity contribution in [3.63, 3.8) is 0 Å². The average Bonchev–Trinajstić information content (AvgIpc) is 3.12. The molecule has 3 aromatic rings. The predicted molar refractivity (Wildman–Crippen MR) is 104 cm³/mol. The van der Waals surface area contributed by atoms with Crippen molar-refractivity contribution < 1.29 is 18.3 Å². The van der Waals surface area contributed by atoms with E-state index in [1.54, 1.807) is 37.3 Å². The Balaban J connectivity index is 1.64. The highest BCUT2D eigenvalue weighted by Gasteiger charge is 2.19. The Kier molecular flexibility index (Phi) is 6.48. The van der Waals surface area contributed by atoms with Gasteiger partial charge in [0.25, 0.3) is 0 Å². The fourth-order valence-corrected chi connectivity index (χ4v) is 3.10. The number of aromatic amines is 1. The molecule has 0 spiro atoms. The van der Waals surface area contributed by atoms with E-state index in [2.05, 4.69) is 25.2 Å². The molecule has 1 unspecified atom stereocenters. The van der Waals surface area contributed by atoms with E-state index in [4.69, 9.17) is 11.6 Å². The van der Waals surface area contributed by atoms with Crippen LogP contribution in [0.15, 0.2) is 53.7 Å². The summed E-state index contributed by atoms with van der Waals surface area (Å²) in [5, 5.41) is 9.89. The van der Waals surface area contributed by atoms with Gasteiger partial charge < -0.3 is 10.1 Å². The minimum absolute atomic E-state index is 0.106. The summed E-state index contributed by atoms with van der Waals surface area (Å²) in [6.07, 6.45) is 0. The van der Waals surface area contributed by atoms with E-state index in [0.29, 0.717) is 16.0 Å². The van der Waals surface area contributed by atoms with Crippen molar-refractivity contribution in [1.82, 2.24) is 15.2 Å². The normalized spacial score (nSPS) is 12.0. The molecule has 2 aromatic carbocycles. The first-order chi connectivity index (χ1) is 13.4. The van der Waals surface area contributed by atoms with Crippen molar-refractivity contribution in [3.8, 4) is 17.1 Å². The van der Waals surface area contributed by atoms with E-state index in [1.165, 1.54) is 18.2 Å². The molecule has 1 heterocycles. The fraction of sp³-hybridized carbons (Fsp3) is 0.167. The highest BCUT2D eigenvalue weighted by molar-refractivity contribution is 8.00. The molecule has 0 aliphatic carbocycles. The number of carbonyl (C=O) groups is 1. The average molecular weight is 425 g/mol. The lowest BCUT2D eigenvalue weighted by Gasteiger charge is -2.14. The molecular weight excluding hydrogens is 410 g/mol. The third kappa shape index (κ3) is 5.20. The van der Waals surface area contributed by atoms with Crippen molar-refractivity contribution in [2.45, 2.75) is 23.9 Å². The molecule has 0 saturated heterocycles. The SMILES string of the molecule is CC(Sc1n[nH]c(-c2ccc(Cl)cc2)n1)C(=O)Nc1ccccc1OC(F)F. The number of hydrogen-bond donors (Lipinski definition) is 2. The molecule has 2 N–H and O–H groups in total. The van der Waals surface area contributed by atoms with Gasteiger partial charge in [-0.3, -0.25) is 9.89 Å². The van der Waals surface area contributed by atoms with Crippen LogP contribution in [0.4, 0.5) is 14.5 Å². The Morgan fingerprint density at radius 2 is 1.93 bits per heavy atom. The highest BCUT2D eigenvalue weighted by atomic mass is 35.5. The summed E-state index contributed by atoms with van der Waals surface area (Å²) in [7, 11) is 0. The maximum Gasteiger partial charge on any atom is 0.387 e. The van der Waals surface area contributed by atoms with Gasteiger partial charge in [-0.2, -0.15) is 8.78 Å². The van der Waals surface area contributed by atoms with E-state index < -0.39 is 17.8 Å². The topological polar surface area (TPSA) is 79.9 Å². The smallest absolute Gasteiger partial charge is 0.387 e. The maximum atomic E-state index is 12.5. The number of para-hydroxylation sites is 2. The molecule has 146 valence electrons. The van der Waals surface area contributed by atoms with Crippen molar-refractivity contribution in [2.75, 3.05) is 5.32 Å². The number of alkyl halides is 2. The van der Waals surface area contributed by atoms with Crippen LogP contribution < -0.4 is 10.1 Å². The summed E-state index contributed by atoms with van der Waals surface area (Å²) in [5.41, 5.74) is 0.969. The Morgan fingerprint density at radius 3 is 2.64 bits per heavy atom. The first-order valence-corrected chi connectivity index (χ1v) is 9.38. The largest absolute Gasteiger partial charge is 0.433 e. The highest BCUT2D eigenvalue weighted by Crippen LogP contribution is 2.28. The molecule has 0 bridgehead atoms. The van der Waals surface area contributed by atoms with Gasteiger partial charge in [0.1, 0.15) is 5.75 Å². The number of H-pyrrole nitrogens is 1. The molecule has 28 heavy (non-hydrogen) atoms. The standard InChI is InChI=1S/C18H15ClF2N4O2S/c1-10(16(26)22-13-4-2-3-5-14(13)27-17(20)21)28-18-23-15(24-25-18)11-6-8-12(19)9-7-11/h2-10,17H,1H3,(H,22,26)(H,23,24,25). The number of nitrogens with one attached hydrogen (secondary N) is 2. The van der Waals surface area contributed by atoms with Crippen LogP contribution >= 0.6 is 23.4 Å². The van der Waals surface area contributed by atoms with Gasteiger partial charge in [0, 0.05) is 10.6 Å². The summed E-state index contributed by atoms with van der Waals surface area (Å²) in [4.78, 5) is 16.8. The van der Waals surface area contributed by atoms with Crippen molar-refractivity contribution in [1.29, 1.82) is 0 Å². The fourth-order valence-electron chi connectivity index (χ4n) is 2.25. The molecule has 1 aromatic heterocycles. The van der Waals surface area contributed by atoms with Crippen LogP contribution in [0.5, 0.6) is 5.75 Å². The number of thioether (sulfide) groups is 1. The Labute approximate surface area is 168 Å². The quantitative estimate of drug-likeness (QED) is 0.530. The van der Waals surface area contributed by atoms with Gasteiger partial charge in [-0.15, -0.1) is 5.10 Å². The van der Waals surface area contributed by atoms with Gasteiger partial charge in [0.15, 0.2) is 5.82 Å². The van der Waals surface area contributed by atoms with Gasteiger partial charge in [-0.1, -0.05) is 35.5 Å². The Bertz CT molecular complexity index is 953. The third-order valence-electron chi connectivity index (χ3n) is 3.59. The summed E-state index contributed by atoms with van der Waals surface area (Å²) < 4.78 is 29.4. The van der Waals surface area contributed by atoms with Crippen LogP contribution in [0.25, 0.3) is 11.4 Å². The molecule has 1 atom stereocenters. The van der Waals surface area contributed by atoms with E-state index in [1.807, 2.05) is 0 Å². The molecule has 6 nitrogen and oxygen atoms in total. The summed E-state index contributed by atoms with van der Waals surface area (Å²) in [6, 6.07) is 13.1. The number of carbonyl (C=O) groups excluding carboxylic acids is 1. The van der Waals surface area contributed by atoms with E-state index in [9.17, 15) is 13.6 Å². The molecule has 0 saturated carbocycles. The number of halogens is 3. The first kappa shape index (κ1) is 20.1. The number of nitrogens with zero attached hydrogens (tertiary/aromatic N) is 2. The zero-order chi connectivity index (χ0) is 20.1. The predicted octanol–water partition coefficient (Wildman–Crippen LogP) is 4.85. The van der Waals surface area contributed by atoms with Gasteiger partial charge in [-0.05, 0) is 43.3 Å². The van der Waals surface area contributed by atoms with Gasteiger partial charge in [0.05, 0.1) is 10.9 Å². The van der Waals surface area contributed by atoms with Crippen LogP contribution in [0.1, 0.15) is 6.92 Å². The second-order valence-corrected chi connectivity index (χ2v) is 7.34. The molecule has 0 aliphatic heterocycles. The summed E-state index contributed by atoms with van der Waals surface area (Å²) in [6.45, 7) is -1.32. The van der Waals surface area contributed by atoms with Crippen LogP contribution in [0.3, 0.4) is 0 Å². The number of rotatable bonds is 7. The molecule has 3 rings (SSSR count). The van der Waals surface area contributed by atoms with Gasteiger partial charge in [-0.25, -0.2) is 4.98 Å². The maximum absolute atomic E-state index is 12.5. The summed E-state index contributed by atoms with van der Waals surface area (Å²) in [5.74, 6) is 0.0431. The van der Waals surface area contributed by atoms with Crippen LogP contribution in [-0.4, -0.2) is 32.9 Å². The monoisotopic (exact) mass is 424 g/mol. The Morgan fingerprint density at radius 1 is 1.21 bits per heavy atom. The number of benzene rings is 2. The lowest BCUT2D eigenvalue weighted by atomic mass is 10.2. The number of amides is 1. The zero-order valence-corrected chi connectivity index (χ0v) is 16.1. The second-order valence-electron chi connectivity index (χ2n) is 5.60. The third-order valence-corrected chi connectivity index (χ3v) is 4.81. The van der Waals surface area contributed by atoms with E-state index >= 15 is 0 Å². The van der Waals surface area contributed by atoms with Gasteiger partial charge >= 0.3 is 6.61 Å². The molecule has 0 radical (unpaired) electrons. The Hall–Kier alpha value is -2.65. The van der Waals surface area contributed by atoms with Crippen LogP contribution in [0, 0.1) is 0 Å².